The third-order valence-corrected chi connectivity index (χ3v) is 11.4. The maximum absolute atomic E-state index is 14.6. The molecule has 4 aliphatic heterocycles. The number of carbonyl (C=O) groups is 3. The van der Waals surface area contributed by atoms with E-state index < -0.39 is 33.4 Å². The van der Waals surface area contributed by atoms with E-state index in [1.165, 1.54) is 0 Å². The van der Waals surface area contributed by atoms with Gasteiger partial charge in [0.05, 0.1) is 42.4 Å². The molecule has 10 heteroatoms. The fourth-order valence-corrected chi connectivity index (χ4v) is 9.78. The monoisotopic (exact) mass is 576 g/mol. The normalized spacial score (nSPS) is 32.1. The predicted octanol–water partition coefficient (Wildman–Crippen LogP) is 2.01. The Morgan fingerprint density at radius 2 is 1.77 bits per heavy atom. The minimum Gasteiger partial charge on any atom is -0.394 e. The Kier molecular flexibility index (Phi) is 10.1. The summed E-state index contributed by atoms with van der Waals surface area (Å²) in [5, 5.41) is 10.4. The lowest BCUT2D eigenvalue weighted by Gasteiger charge is -2.40. The van der Waals surface area contributed by atoms with E-state index in [1.54, 1.807) is 28.8 Å². The van der Waals surface area contributed by atoms with Gasteiger partial charge in [-0.25, -0.2) is 0 Å². The second-order valence-electron chi connectivity index (χ2n) is 11.8. The summed E-state index contributed by atoms with van der Waals surface area (Å²) >= 11 is 1.69. The number of aliphatic hydroxyl groups excluding tert-OH is 1. The molecule has 9 nitrogen and oxygen atoms in total. The topological polar surface area (TPSA) is 93.6 Å². The molecular weight excluding hydrogens is 528 g/mol. The number of hydrogen-bond acceptors (Lipinski definition) is 7. The maximum atomic E-state index is 14.6. The van der Waals surface area contributed by atoms with E-state index >= 15 is 0 Å². The Labute approximate surface area is 243 Å². The van der Waals surface area contributed by atoms with E-state index in [9.17, 15) is 19.5 Å². The summed E-state index contributed by atoms with van der Waals surface area (Å²) < 4.78 is 4.36. The van der Waals surface area contributed by atoms with Crippen LogP contribution in [-0.4, -0.2) is 130 Å². The third-order valence-electron chi connectivity index (χ3n) is 9.40. The van der Waals surface area contributed by atoms with Crippen molar-refractivity contribution in [2.75, 3.05) is 65.6 Å². The molecule has 4 saturated heterocycles. The summed E-state index contributed by atoms with van der Waals surface area (Å²) in [6.45, 7) is 19.3. The van der Waals surface area contributed by atoms with Crippen LogP contribution in [-0.2, 0) is 19.1 Å². The SMILES string of the molecule is C=CCN(CCN1CCOCC1)C(=O)C1N([C@@H](CC)CO)C(=O)[C@@H]2[C@@H](C(=O)N(CC=C)CCC)[C@@]3(C)CCC12S3. The van der Waals surface area contributed by atoms with Crippen molar-refractivity contribution in [3.05, 3.63) is 25.3 Å². The number of likely N-dealkylation sites (tertiary alicyclic amines) is 1. The number of ether oxygens (including phenoxy) is 1. The Hall–Kier alpha value is -1.88. The van der Waals surface area contributed by atoms with Gasteiger partial charge in [0.2, 0.25) is 17.7 Å². The molecule has 0 aromatic rings. The summed E-state index contributed by atoms with van der Waals surface area (Å²) in [4.78, 5) is 50.7. The zero-order valence-electron chi connectivity index (χ0n) is 24.6. The van der Waals surface area contributed by atoms with Gasteiger partial charge in [-0.15, -0.1) is 24.9 Å². The van der Waals surface area contributed by atoms with Crippen molar-refractivity contribution in [2.45, 2.75) is 68.0 Å². The van der Waals surface area contributed by atoms with Gasteiger partial charge in [-0.2, -0.15) is 0 Å². The van der Waals surface area contributed by atoms with Crippen molar-refractivity contribution < 1.29 is 24.2 Å². The van der Waals surface area contributed by atoms with Crippen LogP contribution in [0.5, 0.6) is 0 Å². The summed E-state index contributed by atoms with van der Waals surface area (Å²) in [6.07, 6.45) is 6.29. The Morgan fingerprint density at radius 1 is 1.12 bits per heavy atom. The molecule has 4 heterocycles. The van der Waals surface area contributed by atoms with Gasteiger partial charge in [0, 0.05) is 50.6 Å². The Bertz CT molecular complexity index is 970. The van der Waals surface area contributed by atoms with Crippen molar-refractivity contribution >= 4 is 29.5 Å². The molecule has 0 aliphatic carbocycles. The number of amides is 3. The second-order valence-corrected chi connectivity index (χ2v) is 13.7. The van der Waals surface area contributed by atoms with E-state index in [2.05, 4.69) is 25.0 Å². The number of carbonyl (C=O) groups excluding carboxylic acids is 3. The first-order chi connectivity index (χ1) is 19.2. The first-order valence-corrected chi connectivity index (χ1v) is 15.8. The zero-order chi connectivity index (χ0) is 29.1. The largest absolute Gasteiger partial charge is 0.394 e. The van der Waals surface area contributed by atoms with E-state index in [-0.39, 0.29) is 24.3 Å². The first kappa shape index (κ1) is 31.1. The molecule has 4 rings (SSSR count). The van der Waals surface area contributed by atoms with Gasteiger partial charge >= 0.3 is 0 Å². The average molecular weight is 577 g/mol. The highest BCUT2D eigenvalue weighted by molar-refractivity contribution is 8.02. The number of fused-ring (bicyclic) bond motifs is 1. The van der Waals surface area contributed by atoms with Crippen molar-refractivity contribution in [1.82, 2.24) is 19.6 Å². The molecule has 4 aliphatic rings. The molecule has 0 radical (unpaired) electrons. The molecule has 0 aromatic heterocycles. The highest BCUT2D eigenvalue weighted by Crippen LogP contribution is 2.72. The summed E-state index contributed by atoms with van der Waals surface area (Å²) in [7, 11) is 0. The van der Waals surface area contributed by atoms with Crippen LogP contribution in [0.3, 0.4) is 0 Å². The molecule has 224 valence electrons. The lowest BCUT2D eigenvalue weighted by atomic mass is 9.66. The lowest BCUT2D eigenvalue weighted by Crippen LogP contribution is -2.58. The molecule has 4 fully saturated rings. The fourth-order valence-electron chi connectivity index (χ4n) is 7.45. The molecule has 1 N–H and O–H groups in total. The second kappa shape index (κ2) is 13.0. The van der Waals surface area contributed by atoms with Crippen LogP contribution in [0.25, 0.3) is 0 Å². The fraction of sp³-hybridized carbons (Fsp3) is 0.767. The predicted molar refractivity (Wildman–Crippen MR) is 158 cm³/mol. The van der Waals surface area contributed by atoms with Crippen LogP contribution < -0.4 is 0 Å². The van der Waals surface area contributed by atoms with Crippen LogP contribution >= 0.6 is 11.8 Å². The highest BCUT2D eigenvalue weighted by Gasteiger charge is 2.78. The first-order valence-electron chi connectivity index (χ1n) is 15.0. The van der Waals surface area contributed by atoms with E-state index in [0.29, 0.717) is 52.2 Å². The van der Waals surface area contributed by atoms with Crippen LogP contribution in [0.1, 0.15) is 46.5 Å². The molecule has 2 bridgehead atoms. The molecule has 3 amide bonds. The molecule has 1 spiro atoms. The van der Waals surface area contributed by atoms with E-state index in [1.807, 2.05) is 23.6 Å². The molecule has 40 heavy (non-hydrogen) atoms. The molecular formula is C30H48N4O5S. The van der Waals surface area contributed by atoms with Crippen molar-refractivity contribution in [2.24, 2.45) is 11.8 Å². The number of aliphatic hydroxyl groups is 1. The number of nitrogens with zero attached hydrogens (tertiary/aromatic N) is 4. The van der Waals surface area contributed by atoms with Crippen molar-refractivity contribution in [3.63, 3.8) is 0 Å². The lowest BCUT2D eigenvalue weighted by molar-refractivity contribution is -0.147. The van der Waals surface area contributed by atoms with Gasteiger partial charge in [-0.05, 0) is 32.6 Å². The summed E-state index contributed by atoms with van der Waals surface area (Å²) in [6, 6.07) is -1.20. The smallest absolute Gasteiger partial charge is 0.247 e. The Morgan fingerprint density at radius 3 is 2.35 bits per heavy atom. The van der Waals surface area contributed by atoms with E-state index in [0.717, 1.165) is 32.5 Å². The minimum atomic E-state index is -0.726. The van der Waals surface area contributed by atoms with Gasteiger partial charge in [-0.3, -0.25) is 19.3 Å². The molecule has 0 saturated carbocycles. The van der Waals surface area contributed by atoms with Crippen LogP contribution in [0, 0.1) is 11.8 Å². The van der Waals surface area contributed by atoms with Crippen molar-refractivity contribution in [3.8, 4) is 0 Å². The summed E-state index contributed by atoms with van der Waals surface area (Å²) in [5.74, 6) is -1.38. The van der Waals surface area contributed by atoms with Gasteiger partial charge in [0.1, 0.15) is 6.04 Å². The van der Waals surface area contributed by atoms with Crippen LogP contribution in [0.4, 0.5) is 0 Å². The van der Waals surface area contributed by atoms with E-state index in [4.69, 9.17) is 4.74 Å². The van der Waals surface area contributed by atoms with Gasteiger partial charge in [-0.1, -0.05) is 26.0 Å². The quantitative estimate of drug-likeness (QED) is 0.316. The maximum Gasteiger partial charge on any atom is 0.247 e. The third kappa shape index (κ3) is 5.37. The van der Waals surface area contributed by atoms with Crippen molar-refractivity contribution in [1.29, 1.82) is 0 Å². The number of thioether (sulfide) groups is 1. The van der Waals surface area contributed by atoms with Crippen LogP contribution in [0.2, 0.25) is 0 Å². The Balaban J connectivity index is 1.71. The molecule has 2 unspecified atom stereocenters. The van der Waals surface area contributed by atoms with Crippen LogP contribution in [0.15, 0.2) is 25.3 Å². The van der Waals surface area contributed by atoms with Gasteiger partial charge in [0.25, 0.3) is 0 Å². The minimum absolute atomic E-state index is 0.0166. The number of rotatable bonds is 14. The summed E-state index contributed by atoms with van der Waals surface area (Å²) in [5.41, 5.74) is 0. The van der Waals surface area contributed by atoms with Gasteiger partial charge < -0.3 is 24.5 Å². The zero-order valence-corrected chi connectivity index (χ0v) is 25.4. The van der Waals surface area contributed by atoms with Gasteiger partial charge in [0.15, 0.2) is 0 Å². The standard InChI is InChI=1S/C30H48N4O5S/c1-6-12-32(13-7-2)26(36)23-24-27(37)34(22(9-4)21-35)25(30(24)11-10-29(23,5)40-30)28(38)33(14-8-3)16-15-31-17-19-39-20-18-31/h6,8,22-25,35H,1,3,7,9-21H2,2,4-5H3/t22-,23-,24-,25?,29+,30?/m0/s1. The number of hydrogen-bond donors (Lipinski definition) is 1. The number of morpholine rings is 1. The highest BCUT2D eigenvalue weighted by atomic mass is 32.2. The molecule has 0 aromatic carbocycles. The molecule has 6 atom stereocenters. The average Bonchev–Trinajstić information content (AvgIpc) is 3.52.